The van der Waals surface area contributed by atoms with Crippen LogP contribution in [0.3, 0.4) is 0 Å². The number of benzene rings is 1. The maximum Gasteiger partial charge on any atom is 0.240 e. The number of unbranched alkanes of at least 4 members (excludes halogenated alkanes) is 1. The molecule has 4 rings (SSSR count). The quantitative estimate of drug-likeness (QED) is 0.182. The topological polar surface area (TPSA) is 149 Å². The maximum absolute atomic E-state index is 11.5. The SMILES string of the molecule is CC1CC(=O)NN=C1c1ccc2[nH]c(CCCCN=C(N)NCCCc3c[nH]cn3)nc2c1. The lowest BCUT2D eigenvalue weighted by molar-refractivity contribution is -0.121. The van der Waals surface area contributed by atoms with E-state index in [4.69, 9.17) is 10.7 Å². The van der Waals surface area contributed by atoms with E-state index >= 15 is 0 Å². The number of nitrogens with zero attached hydrogens (tertiary/aromatic N) is 4. The predicted octanol–water partition coefficient (Wildman–Crippen LogP) is 2.01. The number of nitrogens with one attached hydrogen (secondary N) is 4. The van der Waals surface area contributed by atoms with Crippen LogP contribution in [0.5, 0.6) is 0 Å². The van der Waals surface area contributed by atoms with Gasteiger partial charge in [-0.2, -0.15) is 5.10 Å². The second kappa shape index (κ2) is 10.8. The number of hydrogen-bond acceptors (Lipinski definition) is 5. The van der Waals surface area contributed by atoms with E-state index in [0.717, 1.165) is 72.5 Å². The molecule has 1 aromatic carbocycles. The summed E-state index contributed by atoms with van der Waals surface area (Å²) in [4.78, 5) is 31.2. The van der Waals surface area contributed by atoms with Crippen LogP contribution in [0.1, 0.15) is 49.7 Å². The number of amides is 1. The highest BCUT2D eigenvalue weighted by molar-refractivity contribution is 6.07. The Morgan fingerprint density at radius 1 is 1.27 bits per heavy atom. The highest BCUT2D eigenvalue weighted by Gasteiger charge is 2.22. The molecule has 1 amide bonds. The number of aliphatic imine (C=N–C) groups is 1. The molecule has 0 saturated heterocycles. The Morgan fingerprint density at radius 2 is 2.18 bits per heavy atom. The number of imidazole rings is 2. The molecule has 3 aromatic rings. The first kappa shape index (κ1) is 22.5. The minimum Gasteiger partial charge on any atom is -0.370 e. The van der Waals surface area contributed by atoms with E-state index in [1.54, 1.807) is 6.33 Å². The number of fused-ring (bicyclic) bond motifs is 1. The molecule has 2 aromatic heterocycles. The molecule has 1 unspecified atom stereocenters. The number of nitrogens with two attached hydrogens (primary N) is 1. The van der Waals surface area contributed by atoms with Gasteiger partial charge in [-0.25, -0.2) is 15.4 Å². The fraction of sp³-hybridized carbons (Fsp3) is 0.435. The first-order valence-corrected chi connectivity index (χ1v) is 11.5. The van der Waals surface area contributed by atoms with Crippen molar-refractivity contribution in [1.82, 2.24) is 30.7 Å². The number of aromatic nitrogens is 4. The number of aryl methyl sites for hydroxylation is 2. The Morgan fingerprint density at radius 3 is 3.00 bits per heavy atom. The molecule has 0 bridgehead atoms. The van der Waals surface area contributed by atoms with E-state index in [1.807, 2.05) is 31.3 Å². The van der Waals surface area contributed by atoms with Gasteiger partial charge in [-0.3, -0.25) is 9.79 Å². The summed E-state index contributed by atoms with van der Waals surface area (Å²) < 4.78 is 0. The molecule has 1 aliphatic rings. The fourth-order valence-corrected chi connectivity index (χ4v) is 3.91. The van der Waals surface area contributed by atoms with Gasteiger partial charge in [0.25, 0.3) is 0 Å². The van der Waals surface area contributed by atoms with Gasteiger partial charge in [0, 0.05) is 43.6 Å². The molecule has 174 valence electrons. The zero-order valence-electron chi connectivity index (χ0n) is 18.9. The van der Waals surface area contributed by atoms with Gasteiger partial charge in [-0.1, -0.05) is 13.0 Å². The van der Waals surface area contributed by atoms with Gasteiger partial charge in [-0.05, 0) is 37.8 Å². The fourth-order valence-electron chi connectivity index (χ4n) is 3.91. The summed E-state index contributed by atoms with van der Waals surface area (Å²) in [6, 6.07) is 6.08. The van der Waals surface area contributed by atoms with Crippen LogP contribution in [0.15, 0.2) is 40.8 Å². The molecule has 0 fully saturated rings. The van der Waals surface area contributed by atoms with E-state index < -0.39 is 0 Å². The monoisotopic (exact) mass is 449 g/mol. The summed E-state index contributed by atoms with van der Waals surface area (Å²) in [5.74, 6) is 1.50. The van der Waals surface area contributed by atoms with Crippen LogP contribution in [-0.4, -0.2) is 50.6 Å². The van der Waals surface area contributed by atoms with Crippen molar-refractivity contribution in [3.05, 3.63) is 47.8 Å². The normalized spacial score (nSPS) is 16.6. The Balaban J connectivity index is 1.20. The molecule has 6 N–H and O–H groups in total. The molecule has 10 heteroatoms. The number of carbonyl (C=O) groups is 1. The number of H-pyrrole nitrogens is 2. The summed E-state index contributed by atoms with van der Waals surface area (Å²) >= 11 is 0. The second-order valence-corrected chi connectivity index (χ2v) is 8.37. The zero-order valence-corrected chi connectivity index (χ0v) is 18.9. The molecule has 33 heavy (non-hydrogen) atoms. The van der Waals surface area contributed by atoms with Crippen LogP contribution in [0.4, 0.5) is 0 Å². The van der Waals surface area contributed by atoms with E-state index in [0.29, 0.717) is 18.9 Å². The third-order valence-corrected chi connectivity index (χ3v) is 5.66. The number of hydrogen-bond donors (Lipinski definition) is 5. The third kappa shape index (κ3) is 6.18. The molecular weight excluding hydrogens is 418 g/mol. The summed E-state index contributed by atoms with van der Waals surface area (Å²) in [5, 5.41) is 7.39. The molecular formula is C23H31N9O. The Kier molecular flexibility index (Phi) is 7.33. The molecule has 1 aliphatic heterocycles. The van der Waals surface area contributed by atoms with Crippen molar-refractivity contribution >= 4 is 28.6 Å². The van der Waals surface area contributed by atoms with Gasteiger partial charge in [0.05, 0.1) is 28.8 Å². The first-order chi connectivity index (χ1) is 16.1. The lowest BCUT2D eigenvalue weighted by atomic mass is 9.94. The standard InChI is InChI=1S/C23H31N9O/c1-15-11-21(33)31-32-22(15)16-7-8-18-19(12-16)30-20(29-18)6-2-3-9-26-23(24)27-10-4-5-17-13-25-14-28-17/h7-8,12-15H,2-6,9-11H2,1H3,(H,25,28)(H,29,30)(H,31,33)(H3,24,26,27). The van der Waals surface area contributed by atoms with Crippen molar-refractivity contribution in [2.75, 3.05) is 13.1 Å². The molecule has 3 heterocycles. The van der Waals surface area contributed by atoms with Crippen LogP contribution in [-0.2, 0) is 17.6 Å². The minimum absolute atomic E-state index is 0.0403. The third-order valence-electron chi connectivity index (χ3n) is 5.66. The number of guanidine groups is 1. The summed E-state index contributed by atoms with van der Waals surface area (Å²) in [7, 11) is 0. The smallest absolute Gasteiger partial charge is 0.240 e. The summed E-state index contributed by atoms with van der Waals surface area (Å²) in [6.45, 7) is 3.48. The van der Waals surface area contributed by atoms with E-state index in [1.165, 1.54) is 0 Å². The number of hydrazone groups is 1. The number of carbonyl (C=O) groups excluding carboxylic acids is 1. The molecule has 0 saturated carbocycles. The molecule has 0 spiro atoms. The van der Waals surface area contributed by atoms with Crippen molar-refractivity contribution in [2.45, 2.75) is 45.4 Å². The predicted molar refractivity (Wildman–Crippen MR) is 129 cm³/mol. The van der Waals surface area contributed by atoms with Gasteiger partial charge in [0.15, 0.2) is 5.96 Å². The van der Waals surface area contributed by atoms with Crippen LogP contribution in [0.2, 0.25) is 0 Å². The van der Waals surface area contributed by atoms with Crippen molar-refractivity contribution in [2.24, 2.45) is 21.7 Å². The van der Waals surface area contributed by atoms with Crippen molar-refractivity contribution in [3.63, 3.8) is 0 Å². The van der Waals surface area contributed by atoms with E-state index in [2.05, 4.69) is 35.8 Å². The average Bonchev–Trinajstić information content (AvgIpc) is 3.45. The first-order valence-electron chi connectivity index (χ1n) is 11.5. The van der Waals surface area contributed by atoms with Crippen molar-refractivity contribution in [1.29, 1.82) is 0 Å². The Hall–Kier alpha value is -3.69. The van der Waals surface area contributed by atoms with Crippen LogP contribution < -0.4 is 16.5 Å². The highest BCUT2D eigenvalue weighted by atomic mass is 16.2. The maximum atomic E-state index is 11.5. The van der Waals surface area contributed by atoms with Crippen molar-refractivity contribution < 1.29 is 4.79 Å². The largest absolute Gasteiger partial charge is 0.370 e. The van der Waals surface area contributed by atoms with Crippen LogP contribution in [0, 0.1) is 5.92 Å². The zero-order chi connectivity index (χ0) is 23.0. The van der Waals surface area contributed by atoms with Gasteiger partial charge < -0.3 is 21.0 Å². The van der Waals surface area contributed by atoms with E-state index in [9.17, 15) is 4.79 Å². The lowest BCUT2D eigenvalue weighted by Gasteiger charge is -2.18. The molecule has 10 nitrogen and oxygen atoms in total. The number of rotatable bonds is 10. The van der Waals surface area contributed by atoms with E-state index in [-0.39, 0.29) is 11.8 Å². The Labute approximate surface area is 192 Å². The number of aromatic amines is 2. The molecule has 0 radical (unpaired) electrons. The van der Waals surface area contributed by atoms with Gasteiger partial charge in [-0.15, -0.1) is 0 Å². The lowest BCUT2D eigenvalue weighted by Crippen LogP contribution is -2.32. The summed E-state index contributed by atoms with van der Waals surface area (Å²) in [5.41, 5.74) is 13.4. The van der Waals surface area contributed by atoms with Gasteiger partial charge in [0.2, 0.25) is 5.91 Å². The minimum atomic E-state index is -0.0403. The second-order valence-electron chi connectivity index (χ2n) is 8.37. The average molecular weight is 450 g/mol. The van der Waals surface area contributed by atoms with Crippen molar-refractivity contribution in [3.8, 4) is 0 Å². The summed E-state index contributed by atoms with van der Waals surface area (Å²) in [6.07, 6.45) is 8.67. The van der Waals surface area contributed by atoms with Crippen LogP contribution in [0.25, 0.3) is 11.0 Å². The van der Waals surface area contributed by atoms with Crippen LogP contribution >= 0.6 is 0 Å². The highest BCUT2D eigenvalue weighted by Crippen LogP contribution is 2.20. The molecule has 1 atom stereocenters. The van der Waals surface area contributed by atoms with Gasteiger partial charge in [0.1, 0.15) is 5.82 Å². The Bertz CT molecular complexity index is 1130. The molecule has 0 aliphatic carbocycles. The van der Waals surface area contributed by atoms with Gasteiger partial charge >= 0.3 is 0 Å².